The lowest BCUT2D eigenvalue weighted by atomic mass is 9.69. The summed E-state index contributed by atoms with van der Waals surface area (Å²) in [6.45, 7) is 6.60. The standard InChI is InChI=1S/C10H20O/c1-4-10(11)7-5-6-9(2,3)8-10/h11H,4-8H2,1-3H3. The number of hydrogen-bond donors (Lipinski definition) is 1. The van der Waals surface area contributed by atoms with Crippen molar-refractivity contribution in [3.63, 3.8) is 0 Å². The topological polar surface area (TPSA) is 20.2 Å². The van der Waals surface area contributed by atoms with E-state index in [0.717, 1.165) is 19.3 Å². The lowest BCUT2D eigenvalue weighted by Gasteiger charge is -2.41. The fourth-order valence-corrected chi connectivity index (χ4v) is 2.27. The molecule has 66 valence electrons. The number of aliphatic hydroxyl groups is 1. The van der Waals surface area contributed by atoms with Gasteiger partial charge >= 0.3 is 0 Å². The molecule has 1 aliphatic carbocycles. The van der Waals surface area contributed by atoms with Crippen molar-refractivity contribution >= 4 is 0 Å². The van der Waals surface area contributed by atoms with Crippen LogP contribution < -0.4 is 0 Å². The van der Waals surface area contributed by atoms with Crippen LogP contribution in [0.2, 0.25) is 0 Å². The molecule has 1 rings (SSSR count). The van der Waals surface area contributed by atoms with Gasteiger partial charge in [-0.1, -0.05) is 27.2 Å². The van der Waals surface area contributed by atoms with E-state index in [2.05, 4.69) is 20.8 Å². The fraction of sp³-hybridized carbons (Fsp3) is 1.00. The SMILES string of the molecule is CCC1(O)CCCC(C)(C)C1. The van der Waals surface area contributed by atoms with Gasteiger partial charge in [0.15, 0.2) is 0 Å². The molecule has 0 saturated heterocycles. The van der Waals surface area contributed by atoms with Gasteiger partial charge in [-0.3, -0.25) is 0 Å². The first-order valence-electron chi connectivity index (χ1n) is 4.70. The lowest BCUT2D eigenvalue weighted by Crippen LogP contribution is -2.38. The molecular weight excluding hydrogens is 136 g/mol. The van der Waals surface area contributed by atoms with Gasteiger partial charge in [0.1, 0.15) is 0 Å². The van der Waals surface area contributed by atoms with Crippen LogP contribution in [0.4, 0.5) is 0 Å². The highest BCUT2D eigenvalue weighted by Gasteiger charge is 2.36. The van der Waals surface area contributed by atoms with Crippen LogP contribution in [0.25, 0.3) is 0 Å². The first-order chi connectivity index (χ1) is 4.97. The van der Waals surface area contributed by atoms with Crippen molar-refractivity contribution < 1.29 is 5.11 Å². The van der Waals surface area contributed by atoms with Gasteiger partial charge in [0.25, 0.3) is 0 Å². The zero-order valence-corrected chi connectivity index (χ0v) is 7.98. The molecule has 0 bridgehead atoms. The molecule has 11 heavy (non-hydrogen) atoms. The van der Waals surface area contributed by atoms with Crippen LogP contribution in [0.5, 0.6) is 0 Å². The van der Waals surface area contributed by atoms with Crippen LogP contribution in [0, 0.1) is 5.41 Å². The molecule has 1 N–H and O–H groups in total. The van der Waals surface area contributed by atoms with E-state index in [-0.39, 0.29) is 5.60 Å². The highest BCUT2D eigenvalue weighted by molar-refractivity contribution is 4.89. The van der Waals surface area contributed by atoms with Crippen molar-refractivity contribution in [2.45, 2.75) is 58.5 Å². The minimum absolute atomic E-state index is 0.345. The Kier molecular flexibility index (Phi) is 2.29. The normalized spacial score (nSPS) is 37.1. The van der Waals surface area contributed by atoms with Gasteiger partial charge in [0.2, 0.25) is 0 Å². The molecule has 0 radical (unpaired) electrons. The minimum Gasteiger partial charge on any atom is -0.390 e. The van der Waals surface area contributed by atoms with E-state index in [4.69, 9.17) is 0 Å². The Labute approximate surface area is 69.8 Å². The Bertz CT molecular complexity index is 140. The summed E-state index contributed by atoms with van der Waals surface area (Å²) in [7, 11) is 0. The second kappa shape index (κ2) is 2.78. The van der Waals surface area contributed by atoms with E-state index in [1.807, 2.05) is 0 Å². The number of rotatable bonds is 1. The highest BCUT2D eigenvalue weighted by Crippen LogP contribution is 2.42. The average molecular weight is 156 g/mol. The van der Waals surface area contributed by atoms with Crippen LogP contribution in [0.3, 0.4) is 0 Å². The van der Waals surface area contributed by atoms with E-state index in [0.29, 0.717) is 5.41 Å². The molecule has 0 aromatic carbocycles. The molecular formula is C10H20O. The Morgan fingerprint density at radius 2 is 1.91 bits per heavy atom. The van der Waals surface area contributed by atoms with E-state index in [1.165, 1.54) is 12.8 Å². The third kappa shape index (κ3) is 2.19. The molecule has 1 heteroatoms. The van der Waals surface area contributed by atoms with Crippen LogP contribution >= 0.6 is 0 Å². The van der Waals surface area contributed by atoms with Gasteiger partial charge in [-0.15, -0.1) is 0 Å². The average Bonchev–Trinajstić information content (AvgIpc) is 1.85. The minimum atomic E-state index is -0.345. The van der Waals surface area contributed by atoms with Crippen LogP contribution in [0.1, 0.15) is 52.9 Å². The molecule has 1 saturated carbocycles. The summed E-state index contributed by atoms with van der Waals surface area (Å²) in [5.74, 6) is 0. The van der Waals surface area contributed by atoms with Crippen molar-refractivity contribution in [2.24, 2.45) is 5.41 Å². The van der Waals surface area contributed by atoms with Gasteiger partial charge in [0.05, 0.1) is 5.60 Å². The quantitative estimate of drug-likeness (QED) is 0.619. The monoisotopic (exact) mass is 156 g/mol. The van der Waals surface area contributed by atoms with Gasteiger partial charge in [-0.2, -0.15) is 0 Å². The summed E-state index contributed by atoms with van der Waals surface area (Å²) in [6.07, 6.45) is 5.37. The van der Waals surface area contributed by atoms with Crippen molar-refractivity contribution in [2.75, 3.05) is 0 Å². The van der Waals surface area contributed by atoms with Crippen molar-refractivity contribution in [1.29, 1.82) is 0 Å². The molecule has 0 heterocycles. The lowest BCUT2D eigenvalue weighted by molar-refractivity contribution is -0.0413. The summed E-state index contributed by atoms with van der Waals surface area (Å²) in [5, 5.41) is 10.0. The third-order valence-electron chi connectivity index (χ3n) is 2.96. The molecule has 0 spiro atoms. The number of hydrogen-bond acceptors (Lipinski definition) is 1. The molecule has 0 amide bonds. The largest absolute Gasteiger partial charge is 0.390 e. The maximum Gasteiger partial charge on any atom is 0.0650 e. The maximum atomic E-state index is 10.0. The molecule has 1 fully saturated rings. The van der Waals surface area contributed by atoms with E-state index in [1.54, 1.807) is 0 Å². The molecule has 1 nitrogen and oxygen atoms in total. The van der Waals surface area contributed by atoms with Gasteiger partial charge in [0, 0.05) is 0 Å². The van der Waals surface area contributed by atoms with E-state index >= 15 is 0 Å². The van der Waals surface area contributed by atoms with Crippen LogP contribution in [-0.2, 0) is 0 Å². The summed E-state index contributed by atoms with van der Waals surface area (Å²) in [5.41, 5.74) is 0.0186. The predicted octanol–water partition coefficient (Wildman–Crippen LogP) is 2.73. The van der Waals surface area contributed by atoms with Gasteiger partial charge < -0.3 is 5.11 Å². The summed E-state index contributed by atoms with van der Waals surface area (Å²) in [4.78, 5) is 0. The second-order valence-electron chi connectivity index (χ2n) is 4.77. The van der Waals surface area contributed by atoms with E-state index < -0.39 is 0 Å². The van der Waals surface area contributed by atoms with Crippen molar-refractivity contribution in [3.8, 4) is 0 Å². The predicted molar refractivity (Wildman–Crippen MR) is 47.5 cm³/mol. The van der Waals surface area contributed by atoms with Gasteiger partial charge in [-0.05, 0) is 31.1 Å². The van der Waals surface area contributed by atoms with E-state index in [9.17, 15) is 5.11 Å². The zero-order valence-electron chi connectivity index (χ0n) is 7.98. The first-order valence-corrected chi connectivity index (χ1v) is 4.70. The molecule has 0 aliphatic heterocycles. The summed E-state index contributed by atoms with van der Waals surface area (Å²) < 4.78 is 0. The van der Waals surface area contributed by atoms with Crippen LogP contribution in [0.15, 0.2) is 0 Å². The molecule has 1 atom stereocenters. The Balaban J connectivity index is 2.59. The Morgan fingerprint density at radius 1 is 1.27 bits per heavy atom. The van der Waals surface area contributed by atoms with Crippen molar-refractivity contribution in [3.05, 3.63) is 0 Å². The Hall–Kier alpha value is -0.0400. The fourth-order valence-electron chi connectivity index (χ4n) is 2.27. The van der Waals surface area contributed by atoms with Crippen LogP contribution in [-0.4, -0.2) is 10.7 Å². The molecule has 0 aromatic rings. The summed E-state index contributed by atoms with van der Waals surface area (Å²) >= 11 is 0. The second-order valence-corrected chi connectivity index (χ2v) is 4.77. The Morgan fingerprint density at radius 3 is 2.27 bits per heavy atom. The van der Waals surface area contributed by atoms with Gasteiger partial charge in [-0.25, -0.2) is 0 Å². The van der Waals surface area contributed by atoms with Crippen molar-refractivity contribution in [1.82, 2.24) is 0 Å². The smallest absolute Gasteiger partial charge is 0.0650 e. The summed E-state index contributed by atoms with van der Waals surface area (Å²) in [6, 6.07) is 0. The third-order valence-corrected chi connectivity index (χ3v) is 2.96. The maximum absolute atomic E-state index is 10.0. The zero-order chi connectivity index (χ0) is 8.54. The molecule has 1 aliphatic rings. The first kappa shape index (κ1) is 9.05. The highest BCUT2D eigenvalue weighted by atomic mass is 16.3. The molecule has 0 aromatic heterocycles. The molecule has 1 unspecified atom stereocenters.